The van der Waals surface area contributed by atoms with Crippen LogP contribution in [-0.4, -0.2) is 52.5 Å². The van der Waals surface area contributed by atoms with Crippen molar-refractivity contribution in [2.45, 2.75) is 30.9 Å². The van der Waals surface area contributed by atoms with Gasteiger partial charge in [0.1, 0.15) is 4.21 Å². The van der Waals surface area contributed by atoms with Gasteiger partial charge in [-0.15, -0.1) is 11.3 Å². The predicted molar refractivity (Wildman–Crippen MR) is 123 cm³/mol. The maximum Gasteiger partial charge on any atom is 0.273 e. The third-order valence-corrected chi connectivity index (χ3v) is 8.64. The summed E-state index contributed by atoms with van der Waals surface area (Å²) in [5.74, 6) is 1.35. The molecule has 1 amide bonds. The molecule has 0 bridgehead atoms. The first-order valence-corrected chi connectivity index (χ1v) is 12.7. The van der Waals surface area contributed by atoms with E-state index in [4.69, 9.17) is 0 Å². The molecule has 1 fully saturated rings. The lowest BCUT2D eigenvalue weighted by atomic mass is 9.92. The topological polar surface area (TPSA) is 69.7 Å². The minimum absolute atomic E-state index is 0.134. The average Bonchev–Trinajstić information content (AvgIpc) is 3.26. The summed E-state index contributed by atoms with van der Waals surface area (Å²) in [5.41, 5.74) is 1.05. The molecular formula is C22H31N3O3S2. The highest BCUT2D eigenvalue weighted by molar-refractivity contribution is 7.94. The third kappa shape index (κ3) is 5.62. The zero-order chi connectivity index (χ0) is 21.7. The van der Waals surface area contributed by atoms with Gasteiger partial charge in [0.05, 0.1) is 5.69 Å². The second kappa shape index (κ2) is 9.94. The second-order valence-corrected chi connectivity index (χ2v) is 11.4. The lowest BCUT2D eigenvalue weighted by Gasteiger charge is -2.34. The summed E-state index contributed by atoms with van der Waals surface area (Å²) >= 11 is 1.19. The number of anilines is 1. The molecule has 0 radical (unpaired) electrons. The molecule has 2 aromatic rings. The smallest absolute Gasteiger partial charge is 0.273 e. The monoisotopic (exact) mass is 449 g/mol. The standard InChI is InChI=1S/C22H31N3O3S2/c1-17-14-18(2)16-25(15-17)12-5-11-23-22(26)19-7-9-20(10-8-19)24(3)30(27,28)21-6-4-13-29-21/h4,6-10,13,17-18H,5,11-12,14-16H2,1-3H3,(H,23,26)/t17-,18-/m0/s1. The van der Waals surface area contributed by atoms with Crippen molar-refractivity contribution in [3.05, 3.63) is 47.3 Å². The van der Waals surface area contributed by atoms with Crippen LogP contribution in [0.1, 0.15) is 37.0 Å². The number of piperidine rings is 1. The van der Waals surface area contributed by atoms with E-state index in [0.717, 1.165) is 37.9 Å². The Morgan fingerprint density at radius 1 is 1.17 bits per heavy atom. The van der Waals surface area contributed by atoms with Gasteiger partial charge in [-0.05, 0) is 66.9 Å². The number of nitrogens with zero attached hydrogens (tertiary/aromatic N) is 2. The highest BCUT2D eigenvalue weighted by Gasteiger charge is 2.23. The normalized spacial score (nSPS) is 20.1. The molecule has 0 spiro atoms. The van der Waals surface area contributed by atoms with E-state index in [0.29, 0.717) is 22.0 Å². The molecule has 0 aliphatic carbocycles. The van der Waals surface area contributed by atoms with E-state index in [1.54, 1.807) is 41.8 Å². The SMILES string of the molecule is C[C@H]1C[C@H](C)CN(CCCNC(=O)c2ccc(N(C)S(=O)(=O)c3cccs3)cc2)C1. The summed E-state index contributed by atoms with van der Waals surface area (Å²) < 4.78 is 26.8. The Balaban J connectivity index is 1.49. The summed E-state index contributed by atoms with van der Waals surface area (Å²) in [4.78, 5) is 14.9. The minimum Gasteiger partial charge on any atom is -0.352 e. The quantitative estimate of drug-likeness (QED) is 0.625. The van der Waals surface area contributed by atoms with Gasteiger partial charge in [-0.1, -0.05) is 19.9 Å². The van der Waals surface area contributed by atoms with E-state index in [1.807, 2.05) is 0 Å². The molecule has 1 aliphatic rings. The fraction of sp³-hybridized carbons (Fsp3) is 0.500. The molecule has 0 saturated carbocycles. The number of hydrogen-bond donors (Lipinski definition) is 1. The molecule has 1 aromatic heterocycles. The summed E-state index contributed by atoms with van der Waals surface area (Å²) in [7, 11) is -2.05. The van der Waals surface area contributed by atoms with E-state index in [1.165, 1.54) is 29.1 Å². The molecule has 1 saturated heterocycles. The number of sulfonamides is 1. The van der Waals surface area contributed by atoms with Crippen molar-refractivity contribution in [2.75, 3.05) is 37.5 Å². The van der Waals surface area contributed by atoms with Gasteiger partial charge in [-0.2, -0.15) is 0 Å². The Hall–Kier alpha value is -1.90. The number of carbonyl (C=O) groups excluding carboxylic acids is 1. The predicted octanol–water partition coefficient (Wildman–Crippen LogP) is 3.67. The van der Waals surface area contributed by atoms with E-state index >= 15 is 0 Å². The minimum atomic E-state index is -3.57. The fourth-order valence-corrected chi connectivity index (χ4v) is 6.44. The van der Waals surface area contributed by atoms with Crippen molar-refractivity contribution in [1.29, 1.82) is 0 Å². The average molecular weight is 450 g/mol. The van der Waals surface area contributed by atoms with Crippen LogP contribution < -0.4 is 9.62 Å². The van der Waals surface area contributed by atoms with Gasteiger partial charge in [-0.3, -0.25) is 9.10 Å². The number of benzene rings is 1. The van der Waals surface area contributed by atoms with Crippen molar-refractivity contribution in [3.8, 4) is 0 Å². The largest absolute Gasteiger partial charge is 0.352 e. The molecule has 6 nitrogen and oxygen atoms in total. The number of hydrogen-bond acceptors (Lipinski definition) is 5. The van der Waals surface area contributed by atoms with E-state index in [-0.39, 0.29) is 5.91 Å². The molecule has 2 atom stereocenters. The summed E-state index contributed by atoms with van der Waals surface area (Å²) in [6.07, 6.45) is 2.22. The van der Waals surface area contributed by atoms with Crippen LogP contribution in [0.4, 0.5) is 5.69 Å². The molecule has 3 rings (SSSR count). The first-order valence-electron chi connectivity index (χ1n) is 10.4. The lowest BCUT2D eigenvalue weighted by Crippen LogP contribution is -2.40. The Bertz CT molecular complexity index is 917. The molecule has 1 aromatic carbocycles. The van der Waals surface area contributed by atoms with Crippen LogP contribution in [-0.2, 0) is 10.0 Å². The Kier molecular flexibility index (Phi) is 7.55. The third-order valence-electron chi connectivity index (χ3n) is 5.48. The highest BCUT2D eigenvalue weighted by atomic mass is 32.2. The van der Waals surface area contributed by atoms with Crippen molar-refractivity contribution in [3.63, 3.8) is 0 Å². The number of nitrogens with one attached hydrogen (secondary N) is 1. The molecule has 0 unspecified atom stereocenters. The first-order chi connectivity index (χ1) is 14.3. The molecule has 1 aliphatic heterocycles. The number of rotatable bonds is 8. The molecular weight excluding hydrogens is 418 g/mol. The van der Waals surface area contributed by atoms with Gasteiger partial charge >= 0.3 is 0 Å². The van der Waals surface area contributed by atoms with Crippen LogP contribution in [0.15, 0.2) is 46.0 Å². The summed E-state index contributed by atoms with van der Waals surface area (Å²) in [6.45, 7) is 8.52. The maximum absolute atomic E-state index is 12.6. The van der Waals surface area contributed by atoms with E-state index < -0.39 is 10.0 Å². The lowest BCUT2D eigenvalue weighted by molar-refractivity contribution is 0.0947. The number of carbonyl (C=O) groups is 1. The molecule has 164 valence electrons. The van der Waals surface area contributed by atoms with Gasteiger partial charge in [0.2, 0.25) is 0 Å². The van der Waals surface area contributed by atoms with Crippen LogP contribution in [0.3, 0.4) is 0 Å². The second-order valence-electron chi connectivity index (χ2n) is 8.27. The Morgan fingerprint density at radius 2 is 1.83 bits per heavy atom. The summed E-state index contributed by atoms with van der Waals surface area (Å²) in [5, 5.41) is 4.70. The number of thiophene rings is 1. The van der Waals surface area contributed by atoms with Crippen LogP contribution in [0.25, 0.3) is 0 Å². The van der Waals surface area contributed by atoms with Crippen LogP contribution in [0, 0.1) is 11.8 Å². The van der Waals surface area contributed by atoms with E-state index in [9.17, 15) is 13.2 Å². The molecule has 1 N–H and O–H groups in total. The maximum atomic E-state index is 12.6. The van der Waals surface area contributed by atoms with Gasteiger partial charge in [0.15, 0.2) is 0 Å². The van der Waals surface area contributed by atoms with Crippen LogP contribution >= 0.6 is 11.3 Å². The zero-order valence-corrected chi connectivity index (χ0v) is 19.5. The van der Waals surface area contributed by atoms with E-state index in [2.05, 4.69) is 24.1 Å². The van der Waals surface area contributed by atoms with Gasteiger partial charge in [0, 0.05) is 32.2 Å². The van der Waals surface area contributed by atoms with Crippen LogP contribution in [0.2, 0.25) is 0 Å². The van der Waals surface area contributed by atoms with Gasteiger partial charge < -0.3 is 10.2 Å². The molecule has 8 heteroatoms. The van der Waals surface area contributed by atoms with Crippen molar-refractivity contribution in [1.82, 2.24) is 10.2 Å². The Labute approximate surface area is 183 Å². The summed E-state index contributed by atoms with van der Waals surface area (Å²) in [6, 6.07) is 9.96. The van der Waals surface area contributed by atoms with Crippen LogP contribution in [0.5, 0.6) is 0 Å². The first kappa shape index (κ1) is 22.8. The van der Waals surface area contributed by atoms with Crippen molar-refractivity contribution >= 4 is 33.0 Å². The number of likely N-dealkylation sites (tertiary alicyclic amines) is 1. The zero-order valence-electron chi connectivity index (χ0n) is 17.9. The van der Waals surface area contributed by atoms with Crippen molar-refractivity contribution < 1.29 is 13.2 Å². The molecule has 30 heavy (non-hydrogen) atoms. The Morgan fingerprint density at radius 3 is 2.43 bits per heavy atom. The highest BCUT2D eigenvalue weighted by Crippen LogP contribution is 2.25. The molecule has 2 heterocycles. The van der Waals surface area contributed by atoms with Gasteiger partial charge in [0.25, 0.3) is 15.9 Å². The van der Waals surface area contributed by atoms with Gasteiger partial charge in [-0.25, -0.2) is 8.42 Å². The fourth-order valence-electron chi connectivity index (χ4n) is 4.09. The number of amides is 1. The van der Waals surface area contributed by atoms with Crippen molar-refractivity contribution in [2.24, 2.45) is 11.8 Å².